The zero-order valence-corrected chi connectivity index (χ0v) is 8.70. The van der Waals surface area contributed by atoms with E-state index in [0.29, 0.717) is 12.3 Å². The Morgan fingerprint density at radius 2 is 1.91 bits per heavy atom. The number of hydrogen-bond donors (Lipinski definition) is 1. The molecular formula is C8H19NOS. The highest BCUT2D eigenvalue weighted by Crippen LogP contribution is 2.15. The van der Waals surface area contributed by atoms with E-state index in [9.17, 15) is 4.21 Å². The number of hydrogen-bond acceptors (Lipinski definition) is 2. The molecule has 0 aromatic rings. The lowest BCUT2D eigenvalue weighted by molar-refractivity contribution is 0.432. The summed E-state index contributed by atoms with van der Waals surface area (Å²) in [4.78, 5) is 0. The molecule has 68 valence electrons. The van der Waals surface area contributed by atoms with E-state index in [0.717, 1.165) is 0 Å². The van der Waals surface area contributed by atoms with Crippen LogP contribution in [-0.4, -0.2) is 21.8 Å². The first kappa shape index (κ1) is 11.1. The normalized spacial score (nSPS) is 15.5. The lowest BCUT2D eigenvalue weighted by Crippen LogP contribution is -2.31. The first-order chi connectivity index (χ1) is 4.89. The van der Waals surface area contributed by atoms with Gasteiger partial charge in [0.05, 0.1) is 0 Å². The summed E-state index contributed by atoms with van der Waals surface area (Å²) in [5, 5.41) is 0.251. The topological polar surface area (TPSA) is 43.1 Å². The standard InChI is InChI=1S/C8H19NOS/c1-7(2)11(10)6-8(3,4)5-9/h7H,5-6,9H2,1-4H3. The van der Waals surface area contributed by atoms with Gasteiger partial charge in [-0.25, -0.2) is 0 Å². The van der Waals surface area contributed by atoms with Gasteiger partial charge in [0.15, 0.2) is 0 Å². The van der Waals surface area contributed by atoms with E-state index in [1.165, 1.54) is 0 Å². The molecule has 0 bridgehead atoms. The molecule has 11 heavy (non-hydrogen) atoms. The second-order valence-corrected chi connectivity index (χ2v) is 5.94. The van der Waals surface area contributed by atoms with E-state index in [1.807, 2.05) is 27.7 Å². The van der Waals surface area contributed by atoms with Crippen molar-refractivity contribution in [3.8, 4) is 0 Å². The Hall–Kier alpha value is 0.110. The van der Waals surface area contributed by atoms with Gasteiger partial charge in [0, 0.05) is 21.8 Å². The van der Waals surface area contributed by atoms with E-state index >= 15 is 0 Å². The van der Waals surface area contributed by atoms with Crippen LogP contribution in [0.15, 0.2) is 0 Å². The van der Waals surface area contributed by atoms with Gasteiger partial charge in [-0.2, -0.15) is 0 Å². The summed E-state index contributed by atoms with van der Waals surface area (Å²) in [6, 6.07) is 0. The van der Waals surface area contributed by atoms with Crippen molar-refractivity contribution in [2.24, 2.45) is 11.1 Å². The Bertz CT molecular complexity index is 143. The van der Waals surface area contributed by atoms with Crippen molar-refractivity contribution in [1.82, 2.24) is 0 Å². The lowest BCUT2D eigenvalue weighted by Gasteiger charge is -2.22. The zero-order chi connectivity index (χ0) is 9.07. The van der Waals surface area contributed by atoms with Crippen LogP contribution in [-0.2, 0) is 10.8 Å². The summed E-state index contributed by atoms with van der Waals surface area (Å²) >= 11 is 0. The molecule has 0 fully saturated rings. The highest BCUT2D eigenvalue weighted by atomic mass is 32.2. The second-order valence-electron chi connectivity index (χ2n) is 3.94. The van der Waals surface area contributed by atoms with Crippen molar-refractivity contribution in [3.63, 3.8) is 0 Å². The summed E-state index contributed by atoms with van der Waals surface area (Å²) in [5.74, 6) is 0.709. The molecule has 0 saturated carbocycles. The second kappa shape index (κ2) is 4.21. The molecular weight excluding hydrogens is 158 g/mol. The van der Waals surface area contributed by atoms with Crippen molar-refractivity contribution in [2.75, 3.05) is 12.3 Å². The zero-order valence-electron chi connectivity index (χ0n) is 7.89. The number of rotatable bonds is 4. The molecule has 3 heteroatoms. The Morgan fingerprint density at radius 1 is 1.45 bits per heavy atom. The summed E-state index contributed by atoms with van der Waals surface area (Å²) < 4.78 is 11.4. The smallest absolute Gasteiger partial charge is 0.0300 e. The summed E-state index contributed by atoms with van der Waals surface area (Å²) in [6.07, 6.45) is 0. The fraction of sp³-hybridized carbons (Fsp3) is 1.00. The average Bonchev–Trinajstić information content (AvgIpc) is 1.87. The van der Waals surface area contributed by atoms with E-state index in [1.54, 1.807) is 0 Å². The quantitative estimate of drug-likeness (QED) is 0.699. The molecule has 0 aliphatic heterocycles. The highest BCUT2D eigenvalue weighted by Gasteiger charge is 2.20. The maximum Gasteiger partial charge on any atom is 0.0300 e. The van der Waals surface area contributed by atoms with Gasteiger partial charge in [0.2, 0.25) is 0 Å². The van der Waals surface area contributed by atoms with E-state index in [-0.39, 0.29) is 10.7 Å². The fourth-order valence-corrected chi connectivity index (χ4v) is 1.83. The van der Waals surface area contributed by atoms with Crippen molar-refractivity contribution in [1.29, 1.82) is 0 Å². The van der Waals surface area contributed by atoms with Gasteiger partial charge in [-0.05, 0) is 12.0 Å². The molecule has 0 heterocycles. The van der Waals surface area contributed by atoms with Gasteiger partial charge in [-0.15, -0.1) is 0 Å². The Balaban J connectivity index is 3.94. The molecule has 0 radical (unpaired) electrons. The van der Waals surface area contributed by atoms with Gasteiger partial charge < -0.3 is 5.73 Å². The van der Waals surface area contributed by atoms with Crippen LogP contribution in [0.25, 0.3) is 0 Å². The van der Waals surface area contributed by atoms with Crippen molar-refractivity contribution < 1.29 is 4.21 Å². The molecule has 2 nitrogen and oxygen atoms in total. The molecule has 0 aromatic carbocycles. The van der Waals surface area contributed by atoms with Crippen molar-refractivity contribution in [2.45, 2.75) is 32.9 Å². The summed E-state index contributed by atoms with van der Waals surface area (Å²) in [5.41, 5.74) is 5.54. The predicted molar refractivity (Wildman–Crippen MR) is 51.0 cm³/mol. The molecule has 0 aromatic heterocycles. The number of nitrogens with two attached hydrogens (primary N) is 1. The van der Waals surface area contributed by atoms with Crippen LogP contribution < -0.4 is 5.73 Å². The molecule has 0 rings (SSSR count). The van der Waals surface area contributed by atoms with Crippen LogP contribution in [0.5, 0.6) is 0 Å². The largest absolute Gasteiger partial charge is 0.330 e. The summed E-state index contributed by atoms with van der Waals surface area (Å²) in [7, 11) is -0.721. The van der Waals surface area contributed by atoms with Crippen LogP contribution >= 0.6 is 0 Å². The minimum Gasteiger partial charge on any atom is -0.330 e. The molecule has 0 aliphatic rings. The monoisotopic (exact) mass is 177 g/mol. The highest BCUT2D eigenvalue weighted by molar-refractivity contribution is 7.85. The molecule has 1 atom stereocenters. The van der Waals surface area contributed by atoms with Crippen LogP contribution in [0.2, 0.25) is 0 Å². The van der Waals surface area contributed by atoms with E-state index in [2.05, 4.69) is 0 Å². The molecule has 0 amide bonds. The first-order valence-corrected chi connectivity index (χ1v) is 5.34. The Morgan fingerprint density at radius 3 is 2.18 bits per heavy atom. The van der Waals surface area contributed by atoms with Crippen LogP contribution in [0.1, 0.15) is 27.7 Å². The average molecular weight is 177 g/mol. The van der Waals surface area contributed by atoms with Gasteiger partial charge in [-0.1, -0.05) is 27.7 Å². The third kappa shape index (κ3) is 4.53. The minimum absolute atomic E-state index is 0.0229. The third-order valence-electron chi connectivity index (χ3n) is 1.61. The van der Waals surface area contributed by atoms with Crippen molar-refractivity contribution >= 4 is 10.8 Å². The third-order valence-corrected chi connectivity index (χ3v) is 3.73. The van der Waals surface area contributed by atoms with Gasteiger partial charge in [0.1, 0.15) is 0 Å². The predicted octanol–water partition coefficient (Wildman–Crippen LogP) is 1.13. The maximum atomic E-state index is 11.4. The van der Waals surface area contributed by atoms with Crippen LogP contribution in [0.3, 0.4) is 0 Å². The molecule has 0 spiro atoms. The first-order valence-electron chi connectivity index (χ1n) is 3.96. The van der Waals surface area contributed by atoms with Gasteiger partial charge >= 0.3 is 0 Å². The SMILES string of the molecule is CC(C)S(=O)CC(C)(C)CN. The molecule has 1 unspecified atom stereocenters. The summed E-state index contributed by atoms with van der Waals surface area (Å²) in [6.45, 7) is 8.65. The minimum atomic E-state index is -0.721. The van der Waals surface area contributed by atoms with E-state index in [4.69, 9.17) is 5.73 Å². The van der Waals surface area contributed by atoms with Crippen LogP contribution in [0.4, 0.5) is 0 Å². The Kier molecular flexibility index (Phi) is 4.26. The molecule has 2 N–H and O–H groups in total. The van der Waals surface area contributed by atoms with Gasteiger partial charge in [0.25, 0.3) is 0 Å². The van der Waals surface area contributed by atoms with E-state index < -0.39 is 10.8 Å². The Labute approximate surface area is 72.0 Å². The van der Waals surface area contributed by atoms with Crippen molar-refractivity contribution in [3.05, 3.63) is 0 Å². The molecule has 0 aliphatic carbocycles. The lowest BCUT2D eigenvalue weighted by atomic mass is 9.97. The van der Waals surface area contributed by atoms with Crippen LogP contribution in [0, 0.1) is 5.41 Å². The maximum absolute atomic E-state index is 11.4. The molecule has 0 saturated heterocycles. The van der Waals surface area contributed by atoms with Gasteiger partial charge in [-0.3, -0.25) is 4.21 Å². The fourth-order valence-electron chi connectivity index (χ4n) is 0.611.